The molecule has 1 fully saturated rings. The van der Waals surface area contributed by atoms with Crippen molar-refractivity contribution >= 4 is 15.9 Å². The van der Waals surface area contributed by atoms with Gasteiger partial charge in [0.05, 0.1) is 19.8 Å². The summed E-state index contributed by atoms with van der Waals surface area (Å²) in [5.74, 6) is 0.924. The summed E-state index contributed by atoms with van der Waals surface area (Å²) in [5, 5.41) is 20.0. The third kappa shape index (κ3) is 1.64. The summed E-state index contributed by atoms with van der Waals surface area (Å²) in [7, 11) is 3.01. The van der Waals surface area contributed by atoms with Gasteiger partial charge >= 0.3 is 0 Å². The highest BCUT2D eigenvalue weighted by Gasteiger charge is 2.45. The maximum absolute atomic E-state index is 10.0. The molecule has 1 saturated carbocycles. The van der Waals surface area contributed by atoms with Crippen molar-refractivity contribution in [2.24, 2.45) is 0 Å². The van der Waals surface area contributed by atoms with Gasteiger partial charge in [-0.2, -0.15) is 0 Å². The standard InChI is InChI=1S/C11H13BrO4/c1-15-7-5-6(11(14)3-4-11)9(13)8(12)10(7)16-2/h5,13-14H,3-4H2,1-2H3. The van der Waals surface area contributed by atoms with Gasteiger partial charge in [-0.15, -0.1) is 0 Å². The van der Waals surface area contributed by atoms with E-state index in [0.717, 1.165) is 0 Å². The molecule has 2 N–H and O–H groups in total. The number of aromatic hydroxyl groups is 1. The number of phenolic OH excluding ortho intramolecular Hbond substituents is 1. The van der Waals surface area contributed by atoms with E-state index in [2.05, 4.69) is 15.9 Å². The Kier molecular flexibility index (Phi) is 2.75. The fourth-order valence-electron chi connectivity index (χ4n) is 1.68. The van der Waals surface area contributed by atoms with Gasteiger partial charge in [0.2, 0.25) is 0 Å². The molecule has 0 amide bonds. The van der Waals surface area contributed by atoms with Gasteiger partial charge in [0.1, 0.15) is 10.2 Å². The van der Waals surface area contributed by atoms with E-state index >= 15 is 0 Å². The number of halogens is 1. The lowest BCUT2D eigenvalue weighted by molar-refractivity contribution is 0.147. The van der Waals surface area contributed by atoms with Crippen LogP contribution >= 0.6 is 15.9 Å². The third-order valence-corrected chi connectivity index (χ3v) is 3.55. The van der Waals surface area contributed by atoms with E-state index in [-0.39, 0.29) is 5.75 Å². The summed E-state index contributed by atoms with van der Waals surface area (Å²) >= 11 is 3.24. The number of benzene rings is 1. The molecule has 4 nitrogen and oxygen atoms in total. The number of rotatable bonds is 3. The normalized spacial score (nSPS) is 17.0. The molecule has 0 heterocycles. The highest BCUT2D eigenvalue weighted by Crippen LogP contribution is 2.54. The van der Waals surface area contributed by atoms with Crippen LogP contribution in [-0.4, -0.2) is 24.4 Å². The maximum Gasteiger partial charge on any atom is 0.178 e. The monoisotopic (exact) mass is 288 g/mol. The molecule has 1 aliphatic rings. The average Bonchev–Trinajstić information content (AvgIpc) is 3.01. The van der Waals surface area contributed by atoms with E-state index in [9.17, 15) is 10.2 Å². The molecule has 0 aliphatic heterocycles. The molecule has 1 aromatic rings. The van der Waals surface area contributed by atoms with E-state index in [0.29, 0.717) is 34.4 Å². The summed E-state index contributed by atoms with van der Waals surface area (Å²) in [6, 6.07) is 1.62. The van der Waals surface area contributed by atoms with Crippen molar-refractivity contribution in [3.8, 4) is 17.2 Å². The van der Waals surface area contributed by atoms with Gasteiger partial charge in [-0.3, -0.25) is 0 Å². The topological polar surface area (TPSA) is 58.9 Å². The predicted molar refractivity (Wildman–Crippen MR) is 62.0 cm³/mol. The Balaban J connectivity index is 2.60. The number of aliphatic hydroxyl groups is 1. The summed E-state index contributed by atoms with van der Waals surface area (Å²) in [6.45, 7) is 0. The van der Waals surface area contributed by atoms with Gasteiger partial charge in [0, 0.05) is 5.56 Å². The van der Waals surface area contributed by atoms with Gasteiger partial charge < -0.3 is 19.7 Å². The molecule has 0 saturated heterocycles. The SMILES string of the molecule is COc1cc(C2(O)CC2)c(O)c(Br)c1OC. The fraction of sp³-hybridized carbons (Fsp3) is 0.455. The smallest absolute Gasteiger partial charge is 0.178 e. The summed E-state index contributed by atoms with van der Waals surface area (Å²) in [4.78, 5) is 0. The van der Waals surface area contributed by atoms with Gasteiger partial charge in [-0.1, -0.05) is 0 Å². The van der Waals surface area contributed by atoms with Gasteiger partial charge in [0.15, 0.2) is 11.5 Å². The second-order valence-corrected chi connectivity index (χ2v) is 4.65. The lowest BCUT2D eigenvalue weighted by Gasteiger charge is -2.17. The molecule has 1 aliphatic carbocycles. The molecule has 0 unspecified atom stereocenters. The van der Waals surface area contributed by atoms with E-state index in [1.807, 2.05) is 0 Å². The molecular weight excluding hydrogens is 276 g/mol. The molecule has 0 spiro atoms. The maximum atomic E-state index is 10.0. The van der Waals surface area contributed by atoms with Crippen molar-refractivity contribution in [2.75, 3.05) is 14.2 Å². The quantitative estimate of drug-likeness (QED) is 0.895. The second-order valence-electron chi connectivity index (χ2n) is 3.85. The molecule has 0 atom stereocenters. The molecule has 0 bridgehead atoms. The summed E-state index contributed by atoms with van der Waals surface area (Å²) < 4.78 is 10.7. The van der Waals surface area contributed by atoms with Crippen LogP contribution in [-0.2, 0) is 5.60 Å². The van der Waals surface area contributed by atoms with Crippen molar-refractivity contribution in [1.82, 2.24) is 0 Å². The zero-order valence-corrected chi connectivity index (χ0v) is 10.7. The van der Waals surface area contributed by atoms with Crippen molar-refractivity contribution in [2.45, 2.75) is 18.4 Å². The number of hydrogen-bond donors (Lipinski definition) is 2. The van der Waals surface area contributed by atoms with Crippen LogP contribution < -0.4 is 9.47 Å². The zero-order chi connectivity index (χ0) is 11.9. The minimum Gasteiger partial charge on any atom is -0.506 e. The average molecular weight is 289 g/mol. The largest absolute Gasteiger partial charge is 0.506 e. The van der Waals surface area contributed by atoms with Crippen LogP contribution in [0.1, 0.15) is 18.4 Å². The Labute approximate surface area is 102 Å². The van der Waals surface area contributed by atoms with Gasteiger partial charge in [0.25, 0.3) is 0 Å². The summed E-state index contributed by atoms with van der Waals surface area (Å²) in [5.41, 5.74) is -0.427. The van der Waals surface area contributed by atoms with Crippen LogP contribution in [0.4, 0.5) is 0 Å². The predicted octanol–water partition coefficient (Wildman–Crippen LogP) is 2.15. The lowest BCUT2D eigenvalue weighted by Crippen LogP contribution is -2.06. The molecule has 0 aromatic heterocycles. The van der Waals surface area contributed by atoms with Crippen molar-refractivity contribution in [1.29, 1.82) is 0 Å². The van der Waals surface area contributed by atoms with Crippen LogP contribution in [0.5, 0.6) is 17.2 Å². The van der Waals surface area contributed by atoms with Crippen LogP contribution in [0.3, 0.4) is 0 Å². The Hall–Kier alpha value is -0.940. The van der Waals surface area contributed by atoms with Crippen LogP contribution in [0.2, 0.25) is 0 Å². The van der Waals surface area contributed by atoms with E-state index < -0.39 is 5.60 Å². The summed E-state index contributed by atoms with van der Waals surface area (Å²) in [6.07, 6.45) is 1.31. The number of ether oxygens (including phenoxy) is 2. The first-order chi connectivity index (χ1) is 7.53. The Morgan fingerprint density at radius 3 is 2.38 bits per heavy atom. The first-order valence-electron chi connectivity index (χ1n) is 4.90. The highest BCUT2D eigenvalue weighted by atomic mass is 79.9. The second kappa shape index (κ2) is 3.82. The lowest BCUT2D eigenvalue weighted by atomic mass is 10.1. The number of phenols is 1. The fourth-order valence-corrected chi connectivity index (χ4v) is 2.25. The highest BCUT2D eigenvalue weighted by molar-refractivity contribution is 9.10. The van der Waals surface area contributed by atoms with Crippen molar-refractivity contribution in [3.05, 3.63) is 16.1 Å². The molecule has 16 heavy (non-hydrogen) atoms. The van der Waals surface area contributed by atoms with Crippen LogP contribution in [0, 0.1) is 0 Å². The minimum atomic E-state index is -0.911. The molecule has 88 valence electrons. The van der Waals surface area contributed by atoms with E-state index in [4.69, 9.17) is 9.47 Å². The first-order valence-corrected chi connectivity index (χ1v) is 5.69. The Morgan fingerprint density at radius 1 is 1.31 bits per heavy atom. The molecule has 0 radical (unpaired) electrons. The minimum absolute atomic E-state index is 0.0117. The van der Waals surface area contributed by atoms with E-state index in [1.165, 1.54) is 14.2 Å². The third-order valence-electron chi connectivity index (χ3n) is 2.81. The number of methoxy groups -OCH3 is 2. The molecule has 5 heteroatoms. The Morgan fingerprint density at radius 2 is 1.94 bits per heavy atom. The van der Waals surface area contributed by atoms with Crippen LogP contribution in [0.25, 0.3) is 0 Å². The Bertz CT molecular complexity index is 426. The molecule has 2 rings (SSSR count). The molecule has 1 aromatic carbocycles. The van der Waals surface area contributed by atoms with Crippen molar-refractivity contribution in [3.63, 3.8) is 0 Å². The van der Waals surface area contributed by atoms with Gasteiger partial charge in [-0.05, 0) is 34.8 Å². The molecular formula is C11H13BrO4. The zero-order valence-electron chi connectivity index (χ0n) is 9.08. The first kappa shape index (κ1) is 11.5. The van der Waals surface area contributed by atoms with Gasteiger partial charge in [-0.25, -0.2) is 0 Å². The van der Waals surface area contributed by atoms with E-state index in [1.54, 1.807) is 6.07 Å². The van der Waals surface area contributed by atoms with Crippen LogP contribution in [0.15, 0.2) is 10.5 Å². The number of hydrogen-bond acceptors (Lipinski definition) is 4. The van der Waals surface area contributed by atoms with Crippen molar-refractivity contribution < 1.29 is 19.7 Å².